The Labute approximate surface area is 174 Å². The van der Waals surface area contributed by atoms with Crippen molar-refractivity contribution in [2.24, 2.45) is 5.73 Å². The van der Waals surface area contributed by atoms with E-state index in [9.17, 15) is 13.0 Å². The van der Waals surface area contributed by atoms with E-state index in [0.29, 0.717) is 6.42 Å². The number of nitrogens with two attached hydrogens (primary N) is 1. The highest BCUT2D eigenvalue weighted by Crippen LogP contribution is 2.18. The normalized spacial score (nSPS) is 11.1. The van der Waals surface area contributed by atoms with Crippen LogP contribution in [0.3, 0.4) is 0 Å². The lowest BCUT2D eigenvalue weighted by Crippen LogP contribution is -2.03. The highest BCUT2D eigenvalue weighted by molar-refractivity contribution is 7.85. The molecule has 0 saturated carbocycles. The second kappa shape index (κ2) is 18.1. The Hall–Kier alpha value is -0.910. The van der Waals surface area contributed by atoms with Crippen molar-refractivity contribution in [2.75, 3.05) is 6.54 Å². The summed E-state index contributed by atoms with van der Waals surface area (Å²) in [5, 5.41) is 0. The van der Waals surface area contributed by atoms with Gasteiger partial charge in [0.25, 0.3) is 10.1 Å². The molecule has 0 aliphatic carbocycles. The molecule has 164 valence electrons. The van der Waals surface area contributed by atoms with Gasteiger partial charge in [-0.3, -0.25) is 4.55 Å². The van der Waals surface area contributed by atoms with E-state index in [4.69, 9.17) is 5.73 Å². The van der Waals surface area contributed by atoms with Crippen molar-refractivity contribution in [3.8, 4) is 0 Å². The van der Waals surface area contributed by atoms with Crippen molar-refractivity contribution < 1.29 is 13.0 Å². The predicted molar refractivity (Wildman–Crippen MR) is 120 cm³/mol. The highest BCUT2D eigenvalue weighted by Gasteiger charge is 2.13. The van der Waals surface area contributed by atoms with Gasteiger partial charge in [-0.1, -0.05) is 103 Å². The molecule has 0 unspecified atom stereocenters. The first-order valence-corrected chi connectivity index (χ1v) is 12.7. The molecule has 4 nitrogen and oxygen atoms in total. The Morgan fingerprint density at radius 2 is 1.21 bits per heavy atom. The summed E-state index contributed by atoms with van der Waals surface area (Å²) in [5.41, 5.74) is 5.94. The van der Waals surface area contributed by atoms with Crippen LogP contribution in [0, 0.1) is 0 Å². The minimum absolute atomic E-state index is 0.0610. The monoisotopic (exact) mass is 413 g/mol. The van der Waals surface area contributed by atoms with Gasteiger partial charge < -0.3 is 5.73 Å². The van der Waals surface area contributed by atoms with Gasteiger partial charge in [0.05, 0.1) is 4.90 Å². The predicted octanol–water partition coefficient (Wildman–Crippen LogP) is 6.53. The molecule has 0 aromatic heterocycles. The molecule has 28 heavy (non-hydrogen) atoms. The maximum absolute atomic E-state index is 11.3. The van der Waals surface area contributed by atoms with Gasteiger partial charge in [-0.2, -0.15) is 8.42 Å². The molecule has 5 heteroatoms. The molecule has 0 spiro atoms. The number of aryl methyl sites for hydroxylation is 1. The van der Waals surface area contributed by atoms with E-state index in [-0.39, 0.29) is 4.90 Å². The minimum Gasteiger partial charge on any atom is -0.330 e. The van der Waals surface area contributed by atoms with Gasteiger partial charge in [-0.25, -0.2) is 0 Å². The smallest absolute Gasteiger partial charge is 0.294 e. The number of hydrogen-bond acceptors (Lipinski definition) is 3. The molecule has 1 aromatic rings. The summed E-state index contributed by atoms with van der Waals surface area (Å²) in [6.45, 7) is 5.27. The number of unbranched alkanes of at least 4 members (excludes halogenated alkanes) is 11. The van der Waals surface area contributed by atoms with Crippen LogP contribution in [0.1, 0.15) is 103 Å². The van der Waals surface area contributed by atoms with Crippen LogP contribution in [0.25, 0.3) is 0 Å². The lowest BCUT2D eigenvalue weighted by molar-refractivity contribution is 0.481. The van der Waals surface area contributed by atoms with Gasteiger partial charge in [0, 0.05) is 0 Å². The molecular weight excluding hydrogens is 370 g/mol. The second-order valence-corrected chi connectivity index (χ2v) is 8.90. The largest absolute Gasteiger partial charge is 0.330 e. The average molecular weight is 414 g/mol. The zero-order chi connectivity index (χ0) is 21.1. The zero-order valence-electron chi connectivity index (χ0n) is 18.2. The lowest BCUT2D eigenvalue weighted by Gasteiger charge is -2.07. The quantitative estimate of drug-likeness (QED) is 0.253. The Bertz CT molecular complexity index is 569. The molecule has 1 aromatic carbocycles. The summed E-state index contributed by atoms with van der Waals surface area (Å²) in [5.74, 6) is 0. The van der Waals surface area contributed by atoms with Crippen LogP contribution in [-0.2, 0) is 16.5 Å². The zero-order valence-corrected chi connectivity index (χ0v) is 19.0. The SMILES string of the molecule is CCCCCCCCCCCCc1ccccc1S(=O)(=O)O.CCCCCN. The molecule has 1 rings (SSSR count). The molecule has 0 aliphatic heterocycles. The van der Waals surface area contributed by atoms with E-state index in [2.05, 4.69) is 13.8 Å². The fourth-order valence-electron chi connectivity index (χ4n) is 3.16. The maximum Gasteiger partial charge on any atom is 0.294 e. The van der Waals surface area contributed by atoms with E-state index >= 15 is 0 Å². The minimum atomic E-state index is -4.10. The molecule has 0 fully saturated rings. The third-order valence-electron chi connectivity index (χ3n) is 4.86. The molecule has 3 N–H and O–H groups in total. The van der Waals surface area contributed by atoms with Crippen LogP contribution in [0.4, 0.5) is 0 Å². The van der Waals surface area contributed by atoms with Crippen LogP contribution in [0.15, 0.2) is 29.2 Å². The van der Waals surface area contributed by atoms with Crippen LogP contribution in [0.5, 0.6) is 0 Å². The summed E-state index contributed by atoms with van der Waals surface area (Å²) in [4.78, 5) is 0.0610. The van der Waals surface area contributed by atoms with E-state index in [0.717, 1.165) is 24.9 Å². The number of benzene rings is 1. The van der Waals surface area contributed by atoms with Gasteiger partial charge in [0.1, 0.15) is 0 Å². The van der Waals surface area contributed by atoms with Gasteiger partial charge >= 0.3 is 0 Å². The number of hydrogen-bond donors (Lipinski definition) is 2. The van der Waals surface area contributed by atoms with Gasteiger partial charge in [0.15, 0.2) is 0 Å². The summed E-state index contributed by atoms with van der Waals surface area (Å²) < 4.78 is 31.8. The van der Waals surface area contributed by atoms with Crippen molar-refractivity contribution in [3.63, 3.8) is 0 Å². The Balaban J connectivity index is 0.00000105. The van der Waals surface area contributed by atoms with Crippen LogP contribution in [0.2, 0.25) is 0 Å². The van der Waals surface area contributed by atoms with Gasteiger partial charge in [-0.15, -0.1) is 0 Å². The van der Waals surface area contributed by atoms with Crippen LogP contribution >= 0.6 is 0 Å². The fourth-order valence-corrected chi connectivity index (χ4v) is 3.91. The van der Waals surface area contributed by atoms with Crippen molar-refractivity contribution in [1.82, 2.24) is 0 Å². The van der Waals surface area contributed by atoms with Crippen molar-refractivity contribution in [3.05, 3.63) is 29.8 Å². The van der Waals surface area contributed by atoms with Gasteiger partial charge in [0.2, 0.25) is 0 Å². The van der Waals surface area contributed by atoms with Crippen LogP contribution < -0.4 is 5.73 Å². The summed E-state index contributed by atoms with van der Waals surface area (Å²) >= 11 is 0. The van der Waals surface area contributed by atoms with Crippen molar-refractivity contribution >= 4 is 10.1 Å². The fraction of sp³-hybridized carbons (Fsp3) is 0.739. The first kappa shape index (κ1) is 27.1. The summed E-state index contributed by atoms with van der Waals surface area (Å²) in [6.07, 6.45) is 17.1. The topological polar surface area (TPSA) is 80.4 Å². The molecule has 0 radical (unpaired) electrons. The Morgan fingerprint density at radius 3 is 1.68 bits per heavy atom. The summed E-state index contributed by atoms with van der Waals surface area (Å²) in [7, 11) is -4.10. The van der Waals surface area contributed by atoms with Crippen molar-refractivity contribution in [2.45, 2.75) is 109 Å². The molecule has 0 saturated heterocycles. The maximum atomic E-state index is 11.3. The molecule has 0 bridgehead atoms. The highest BCUT2D eigenvalue weighted by atomic mass is 32.2. The Morgan fingerprint density at radius 1 is 0.750 bits per heavy atom. The third kappa shape index (κ3) is 15.1. The molecule has 0 aliphatic rings. The second-order valence-electron chi connectivity index (χ2n) is 7.51. The molecule has 0 heterocycles. The van der Waals surface area contributed by atoms with E-state index in [1.54, 1.807) is 12.1 Å². The summed E-state index contributed by atoms with van der Waals surface area (Å²) in [6, 6.07) is 6.73. The standard InChI is InChI=1S/C18H30O3S.C5H13N/c1-2-3-4-5-6-7-8-9-10-11-14-17-15-12-13-16-18(17)22(19,20)21;1-2-3-4-5-6/h12-13,15-16H,2-11,14H2,1H3,(H,19,20,21);2-6H2,1H3. The third-order valence-corrected chi connectivity index (χ3v) is 5.81. The average Bonchev–Trinajstić information content (AvgIpc) is 2.68. The van der Waals surface area contributed by atoms with E-state index in [1.165, 1.54) is 76.7 Å². The molecular formula is C23H43NO3S. The van der Waals surface area contributed by atoms with Gasteiger partial charge in [-0.05, 0) is 37.4 Å². The lowest BCUT2D eigenvalue weighted by atomic mass is 10.0. The Kier molecular flexibility index (Phi) is 17.6. The number of rotatable bonds is 15. The molecule has 0 amide bonds. The first-order chi connectivity index (χ1) is 13.5. The van der Waals surface area contributed by atoms with E-state index < -0.39 is 10.1 Å². The molecule has 0 atom stereocenters. The first-order valence-electron chi connectivity index (χ1n) is 11.2. The van der Waals surface area contributed by atoms with Crippen LogP contribution in [-0.4, -0.2) is 19.5 Å². The van der Waals surface area contributed by atoms with E-state index in [1.807, 2.05) is 6.07 Å². The van der Waals surface area contributed by atoms with Crippen molar-refractivity contribution in [1.29, 1.82) is 0 Å².